The number of carbonyl (C=O) groups excluding carboxylic acids is 1. The van der Waals surface area contributed by atoms with Gasteiger partial charge in [0.15, 0.2) is 0 Å². The van der Waals surface area contributed by atoms with E-state index in [1.807, 2.05) is 6.08 Å². The molecule has 0 heterocycles. The van der Waals surface area contributed by atoms with E-state index in [-0.39, 0.29) is 16.7 Å². The van der Waals surface area contributed by atoms with Crippen LogP contribution in [-0.2, 0) is 4.74 Å². The predicted octanol–water partition coefficient (Wildman–Crippen LogP) is 6.97. The Balaban J connectivity index is 1.42. The number of hydrogen-bond acceptors (Lipinski definition) is 2. The summed E-state index contributed by atoms with van der Waals surface area (Å²) >= 11 is 5.67. The van der Waals surface area contributed by atoms with Crippen LogP contribution < -0.4 is 0 Å². The average Bonchev–Trinajstić information content (AvgIpc) is 2.69. The van der Waals surface area contributed by atoms with Crippen molar-refractivity contribution in [1.82, 2.24) is 0 Å². The van der Waals surface area contributed by atoms with Crippen LogP contribution in [0, 0.1) is 23.6 Å². The molecule has 0 aliphatic heterocycles. The fourth-order valence-electron chi connectivity index (χ4n) is 4.82. The summed E-state index contributed by atoms with van der Waals surface area (Å²) in [6.07, 6.45) is 13.9. The summed E-state index contributed by atoms with van der Waals surface area (Å²) in [5.74, 6) is 1.46. The molecule has 3 rings (SSSR count). The van der Waals surface area contributed by atoms with Crippen molar-refractivity contribution in [3.8, 4) is 0 Å². The molecule has 2 saturated carbocycles. The second-order valence-corrected chi connectivity index (χ2v) is 8.63. The van der Waals surface area contributed by atoms with Gasteiger partial charge in [0.2, 0.25) is 0 Å². The summed E-state index contributed by atoms with van der Waals surface area (Å²) < 4.78 is 19.1. The van der Waals surface area contributed by atoms with E-state index in [9.17, 15) is 9.18 Å². The summed E-state index contributed by atoms with van der Waals surface area (Å²) in [5.41, 5.74) is 0.233. The van der Waals surface area contributed by atoms with Gasteiger partial charge in [0.25, 0.3) is 0 Å². The van der Waals surface area contributed by atoms with Crippen molar-refractivity contribution < 1.29 is 13.9 Å². The molecule has 0 unspecified atom stereocenters. The number of allylic oxidation sites excluding steroid dienone is 1. The molecule has 0 radical (unpaired) electrons. The molecule has 1 aromatic carbocycles. The zero-order chi connectivity index (χ0) is 19.2. The minimum absolute atomic E-state index is 0.0197. The van der Waals surface area contributed by atoms with Gasteiger partial charge in [-0.3, -0.25) is 0 Å². The molecule has 148 valence electrons. The quantitative estimate of drug-likeness (QED) is 0.386. The number of hydrogen-bond donors (Lipinski definition) is 0. The zero-order valence-electron chi connectivity index (χ0n) is 16.0. The van der Waals surface area contributed by atoms with Crippen LogP contribution >= 0.6 is 11.6 Å². The number of benzene rings is 1. The van der Waals surface area contributed by atoms with E-state index in [2.05, 4.69) is 6.58 Å². The number of carbonyl (C=O) groups is 1. The Bertz CT molecular complexity index is 644. The van der Waals surface area contributed by atoms with Crippen molar-refractivity contribution in [2.45, 2.75) is 70.3 Å². The first-order chi connectivity index (χ1) is 13.1. The van der Waals surface area contributed by atoms with E-state index >= 15 is 0 Å². The Labute approximate surface area is 167 Å². The number of ether oxygens (including phenoxy) is 1. The van der Waals surface area contributed by atoms with Crippen LogP contribution in [-0.4, -0.2) is 12.1 Å². The highest BCUT2D eigenvalue weighted by molar-refractivity contribution is 6.30. The fourth-order valence-corrected chi connectivity index (χ4v) is 4.94. The summed E-state index contributed by atoms with van der Waals surface area (Å²) in [5, 5.41) is 0.0197. The van der Waals surface area contributed by atoms with Crippen molar-refractivity contribution in [3.63, 3.8) is 0 Å². The van der Waals surface area contributed by atoms with Crippen LogP contribution in [0.2, 0.25) is 5.02 Å². The first-order valence-corrected chi connectivity index (χ1v) is 10.7. The highest BCUT2D eigenvalue weighted by Crippen LogP contribution is 2.41. The molecular formula is C23H30ClFO2. The topological polar surface area (TPSA) is 26.3 Å². The highest BCUT2D eigenvalue weighted by atomic mass is 35.5. The standard InChI is InChI=1S/C23H30ClFO2/c1-2-3-4-16-5-7-17(8-6-16)18-9-12-20(13-10-18)27-23(26)19-11-14-21(24)22(25)15-19/h2,11,14-18,20H,1,3-10,12-13H2/t16-,17-,18?,20?. The van der Waals surface area contributed by atoms with Crippen LogP contribution in [0.3, 0.4) is 0 Å². The third-order valence-corrected chi connectivity index (χ3v) is 6.79. The maximum atomic E-state index is 13.5. The Morgan fingerprint density at radius 2 is 1.74 bits per heavy atom. The van der Waals surface area contributed by atoms with Gasteiger partial charge in [-0.25, -0.2) is 9.18 Å². The monoisotopic (exact) mass is 392 g/mol. The van der Waals surface area contributed by atoms with E-state index in [1.165, 1.54) is 44.2 Å². The minimum Gasteiger partial charge on any atom is -0.459 e. The summed E-state index contributed by atoms with van der Waals surface area (Å²) in [6, 6.07) is 4.07. The summed E-state index contributed by atoms with van der Waals surface area (Å²) in [7, 11) is 0. The van der Waals surface area contributed by atoms with Crippen molar-refractivity contribution in [3.05, 3.63) is 47.3 Å². The van der Waals surface area contributed by atoms with Crippen LogP contribution in [0.1, 0.15) is 74.6 Å². The molecule has 1 aromatic rings. The summed E-state index contributed by atoms with van der Waals surface area (Å²) in [6.45, 7) is 3.83. The molecule has 0 atom stereocenters. The van der Waals surface area contributed by atoms with Gasteiger partial charge < -0.3 is 4.74 Å². The molecule has 0 aromatic heterocycles. The molecule has 0 amide bonds. The first-order valence-electron chi connectivity index (χ1n) is 10.3. The van der Waals surface area contributed by atoms with Crippen molar-refractivity contribution in [1.29, 1.82) is 0 Å². The van der Waals surface area contributed by atoms with Gasteiger partial charge >= 0.3 is 5.97 Å². The number of esters is 1. The molecule has 0 saturated heterocycles. The first kappa shape index (κ1) is 20.4. The molecule has 2 aliphatic rings. The normalized spacial score (nSPS) is 28.5. The van der Waals surface area contributed by atoms with Crippen molar-refractivity contribution in [2.24, 2.45) is 17.8 Å². The lowest BCUT2D eigenvalue weighted by atomic mass is 9.70. The Kier molecular flexibility index (Phi) is 7.34. The second-order valence-electron chi connectivity index (χ2n) is 8.22. The Morgan fingerprint density at radius 3 is 2.33 bits per heavy atom. The molecule has 2 nitrogen and oxygen atoms in total. The van der Waals surface area contributed by atoms with Crippen LogP contribution in [0.4, 0.5) is 4.39 Å². The van der Waals surface area contributed by atoms with E-state index in [4.69, 9.17) is 16.3 Å². The lowest BCUT2D eigenvalue weighted by Gasteiger charge is -2.37. The molecule has 27 heavy (non-hydrogen) atoms. The third-order valence-electron chi connectivity index (χ3n) is 6.48. The molecule has 0 N–H and O–H groups in total. The number of rotatable bonds is 6. The fraction of sp³-hybridized carbons (Fsp3) is 0.609. The van der Waals surface area contributed by atoms with Gasteiger partial charge in [-0.1, -0.05) is 30.5 Å². The smallest absolute Gasteiger partial charge is 0.338 e. The molecular weight excluding hydrogens is 363 g/mol. The maximum Gasteiger partial charge on any atom is 0.338 e. The number of halogens is 2. The van der Waals surface area contributed by atoms with Gasteiger partial charge in [0, 0.05) is 0 Å². The van der Waals surface area contributed by atoms with E-state index in [1.54, 1.807) is 0 Å². The minimum atomic E-state index is -0.585. The lowest BCUT2D eigenvalue weighted by Crippen LogP contribution is -2.29. The van der Waals surface area contributed by atoms with Crippen molar-refractivity contribution in [2.75, 3.05) is 0 Å². The highest BCUT2D eigenvalue weighted by Gasteiger charge is 2.32. The van der Waals surface area contributed by atoms with E-state index in [0.29, 0.717) is 0 Å². The SMILES string of the molecule is C=CCC[C@H]1CC[C@H](C2CCC(OC(=O)c3ccc(Cl)c(F)c3)CC2)CC1. The third kappa shape index (κ3) is 5.57. The second kappa shape index (κ2) is 9.73. The van der Waals surface area contributed by atoms with Crippen LogP contribution in [0.15, 0.2) is 30.9 Å². The van der Waals surface area contributed by atoms with Gasteiger partial charge in [0.1, 0.15) is 11.9 Å². The molecule has 2 fully saturated rings. The van der Waals surface area contributed by atoms with Gasteiger partial charge in [-0.2, -0.15) is 0 Å². The lowest BCUT2D eigenvalue weighted by molar-refractivity contribution is 0.0109. The van der Waals surface area contributed by atoms with Gasteiger partial charge in [-0.05, 0) is 87.3 Å². The van der Waals surface area contributed by atoms with E-state index < -0.39 is 11.8 Å². The van der Waals surface area contributed by atoms with Gasteiger partial charge in [0.05, 0.1) is 10.6 Å². The molecule has 0 bridgehead atoms. The zero-order valence-corrected chi connectivity index (χ0v) is 16.7. The predicted molar refractivity (Wildman–Crippen MR) is 107 cm³/mol. The van der Waals surface area contributed by atoms with E-state index in [0.717, 1.165) is 55.9 Å². The molecule has 4 heteroatoms. The average molecular weight is 393 g/mol. The molecule has 0 spiro atoms. The largest absolute Gasteiger partial charge is 0.459 e. The Hall–Kier alpha value is -1.35. The molecule has 2 aliphatic carbocycles. The van der Waals surface area contributed by atoms with Crippen LogP contribution in [0.25, 0.3) is 0 Å². The Morgan fingerprint density at radius 1 is 1.11 bits per heavy atom. The summed E-state index contributed by atoms with van der Waals surface area (Å²) in [4.78, 5) is 12.2. The van der Waals surface area contributed by atoms with Gasteiger partial charge in [-0.15, -0.1) is 6.58 Å². The van der Waals surface area contributed by atoms with Crippen LogP contribution in [0.5, 0.6) is 0 Å². The van der Waals surface area contributed by atoms with Crippen molar-refractivity contribution >= 4 is 17.6 Å². The maximum absolute atomic E-state index is 13.5.